The third-order valence-electron chi connectivity index (χ3n) is 4.49. The average Bonchev–Trinajstić information content (AvgIpc) is 2.67. The van der Waals surface area contributed by atoms with Crippen LogP contribution in [0.5, 0.6) is 0 Å². The molecule has 5 heteroatoms. The number of piperidine rings is 1. The maximum absolute atomic E-state index is 13.2. The molecule has 2 aromatic rings. The smallest absolute Gasteiger partial charge is 0.246 e. The van der Waals surface area contributed by atoms with Crippen molar-refractivity contribution >= 4 is 23.6 Å². The molecule has 134 valence electrons. The summed E-state index contributed by atoms with van der Waals surface area (Å²) in [5.74, 6) is -0.714. The van der Waals surface area contributed by atoms with E-state index in [0.717, 1.165) is 5.56 Å². The number of carbonyl (C=O) groups is 2. The lowest BCUT2D eigenvalue weighted by atomic mass is 9.95. The predicted octanol–water partition coefficient (Wildman–Crippen LogP) is 3.72. The van der Waals surface area contributed by atoms with Gasteiger partial charge in [-0.3, -0.25) is 9.59 Å². The molecule has 1 N–H and O–H groups in total. The number of nitrogens with zero attached hydrogens (tertiary/aromatic N) is 1. The van der Waals surface area contributed by atoms with Crippen LogP contribution in [0.25, 0.3) is 6.08 Å². The topological polar surface area (TPSA) is 49.4 Å². The molecule has 0 aliphatic carbocycles. The van der Waals surface area contributed by atoms with Gasteiger partial charge < -0.3 is 10.2 Å². The van der Waals surface area contributed by atoms with Crippen molar-refractivity contribution in [1.82, 2.24) is 4.90 Å². The Hall–Kier alpha value is -2.95. The Morgan fingerprint density at radius 3 is 2.46 bits per heavy atom. The molecule has 4 nitrogen and oxygen atoms in total. The second-order valence-electron chi connectivity index (χ2n) is 6.34. The average molecular weight is 352 g/mol. The minimum Gasteiger partial charge on any atom is -0.339 e. The van der Waals surface area contributed by atoms with E-state index in [4.69, 9.17) is 0 Å². The Morgan fingerprint density at radius 1 is 1.04 bits per heavy atom. The third-order valence-corrected chi connectivity index (χ3v) is 4.49. The summed E-state index contributed by atoms with van der Waals surface area (Å²) in [6, 6.07) is 15.5. The van der Waals surface area contributed by atoms with Crippen molar-refractivity contribution < 1.29 is 14.0 Å². The van der Waals surface area contributed by atoms with E-state index >= 15 is 0 Å². The van der Waals surface area contributed by atoms with Crippen molar-refractivity contribution in [1.29, 1.82) is 0 Å². The van der Waals surface area contributed by atoms with E-state index < -0.39 is 0 Å². The van der Waals surface area contributed by atoms with Crippen molar-refractivity contribution in [3.63, 3.8) is 0 Å². The van der Waals surface area contributed by atoms with Crippen LogP contribution in [0.2, 0.25) is 0 Å². The molecular weight excluding hydrogens is 331 g/mol. The highest BCUT2D eigenvalue weighted by Crippen LogP contribution is 2.20. The van der Waals surface area contributed by atoms with Crippen molar-refractivity contribution in [2.45, 2.75) is 12.8 Å². The van der Waals surface area contributed by atoms with Gasteiger partial charge in [-0.2, -0.15) is 0 Å². The summed E-state index contributed by atoms with van der Waals surface area (Å²) in [6.45, 7) is 1.08. The van der Waals surface area contributed by atoms with Crippen molar-refractivity contribution in [2.24, 2.45) is 5.92 Å². The van der Waals surface area contributed by atoms with E-state index in [0.29, 0.717) is 31.6 Å². The van der Waals surface area contributed by atoms with Crippen molar-refractivity contribution in [3.05, 3.63) is 72.1 Å². The number of carbonyl (C=O) groups excluding carboxylic acids is 2. The summed E-state index contributed by atoms with van der Waals surface area (Å²) in [6.07, 6.45) is 4.58. The van der Waals surface area contributed by atoms with Crippen molar-refractivity contribution in [2.75, 3.05) is 18.4 Å². The second kappa shape index (κ2) is 8.43. The first-order valence-electron chi connectivity index (χ1n) is 8.70. The lowest BCUT2D eigenvalue weighted by Crippen LogP contribution is -2.40. The van der Waals surface area contributed by atoms with Gasteiger partial charge in [0.1, 0.15) is 5.82 Å². The number of benzene rings is 2. The molecule has 1 aliphatic heterocycles. The maximum Gasteiger partial charge on any atom is 0.246 e. The summed E-state index contributed by atoms with van der Waals surface area (Å²) >= 11 is 0. The fourth-order valence-electron chi connectivity index (χ4n) is 3.01. The second-order valence-corrected chi connectivity index (χ2v) is 6.34. The third kappa shape index (κ3) is 4.79. The fourth-order valence-corrected chi connectivity index (χ4v) is 3.01. The molecule has 2 amide bonds. The van der Waals surface area contributed by atoms with Crippen LogP contribution < -0.4 is 5.32 Å². The molecule has 1 fully saturated rings. The van der Waals surface area contributed by atoms with Crippen molar-refractivity contribution in [3.8, 4) is 0 Å². The number of nitrogens with one attached hydrogen (secondary N) is 1. The van der Waals surface area contributed by atoms with Crippen LogP contribution in [0.1, 0.15) is 18.4 Å². The van der Waals surface area contributed by atoms with Gasteiger partial charge in [-0.25, -0.2) is 4.39 Å². The van der Waals surface area contributed by atoms with Crippen LogP contribution in [0, 0.1) is 11.7 Å². The maximum atomic E-state index is 13.2. The fraction of sp³-hybridized carbons (Fsp3) is 0.238. The van der Waals surface area contributed by atoms with Gasteiger partial charge in [0.25, 0.3) is 0 Å². The Balaban J connectivity index is 1.49. The Kier molecular flexibility index (Phi) is 5.79. The Morgan fingerprint density at radius 2 is 1.77 bits per heavy atom. The molecule has 0 atom stereocenters. The number of rotatable bonds is 4. The standard InChI is InChI=1S/C21H21FN2O2/c22-18-7-4-8-19(15-18)23-21(26)17-11-13-24(14-12-17)20(25)10-9-16-5-2-1-3-6-16/h1-10,15,17H,11-14H2,(H,23,26). The normalized spacial score (nSPS) is 15.2. The molecule has 1 aliphatic rings. The summed E-state index contributed by atoms with van der Waals surface area (Å²) in [5.41, 5.74) is 1.43. The number of hydrogen-bond donors (Lipinski definition) is 1. The predicted molar refractivity (Wildman–Crippen MR) is 99.8 cm³/mol. The number of halogens is 1. The van der Waals surface area contributed by atoms with Gasteiger partial charge in [0.2, 0.25) is 11.8 Å². The minimum absolute atomic E-state index is 0.0437. The summed E-state index contributed by atoms with van der Waals surface area (Å²) < 4.78 is 13.2. The Bertz CT molecular complexity index is 797. The first kappa shape index (κ1) is 17.9. The lowest BCUT2D eigenvalue weighted by Gasteiger charge is -2.30. The molecular formula is C21H21FN2O2. The number of amides is 2. The molecule has 0 unspecified atom stereocenters. The van der Waals surface area contributed by atoms with Gasteiger partial charge in [0.05, 0.1) is 0 Å². The highest BCUT2D eigenvalue weighted by atomic mass is 19.1. The molecule has 0 aromatic heterocycles. The molecule has 0 spiro atoms. The zero-order chi connectivity index (χ0) is 18.4. The SMILES string of the molecule is O=C(Nc1cccc(F)c1)C1CCN(C(=O)C=Cc2ccccc2)CC1. The van der Waals surface area contributed by atoms with Crippen LogP contribution in [0.3, 0.4) is 0 Å². The highest BCUT2D eigenvalue weighted by molar-refractivity contribution is 5.94. The summed E-state index contributed by atoms with van der Waals surface area (Å²) in [4.78, 5) is 26.3. The minimum atomic E-state index is -0.381. The zero-order valence-corrected chi connectivity index (χ0v) is 14.4. The van der Waals surface area contributed by atoms with E-state index in [1.165, 1.54) is 12.1 Å². The van der Waals surface area contributed by atoms with E-state index in [-0.39, 0.29) is 23.5 Å². The van der Waals surface area contributed by atoms with Gasteiger partial charge in [-0.1, -0.05) is 36.4 Å². The monoisotopic (exact) mass is 352 g/mol. The molecule has 0 radical (unpaired) electrons. The molecule has 0 saturated carbocycles. The largest absolute Gasteiger partial charge is 0.339 e. The van der Waals surface area contributed by atoms with Gasteiger partial charge in [0, 0.05) is 30.8 Å². The molecule has 1 saturated heterocycles. The Labute approximate surface area is 152 Å². The van der Waals surface area contributed by atoms with Crippen LogP contribution >= 0.6 is 0 Å². The quantitative estimate of drug-likeness (QED) is 0.853. The molecule has 0 bridgehead atoms. The van der Waals surface area contributed by atoms with Crippen LogP contribution in [-0.2, 0) is 9.59 Å². The van der Waals surface area contributed by atoms with Crippen LogP contribution in [-0.4, -0.2) is 29.8 Å². The molecule has 26 heavy (non-hydrogen) atoms. The van der Waals surface area contributed by atoms with Crippen LogP contribution in [0.4, 0.5) is 10.1 Å². The van der Waals surface area contributed by atoms with E-state index in [1.807, 2.05) is 30.3 Å². The molecule has 1 heterocycles. The highest BCUT2D eigenvalue weighted by Gasteiger charge is 2.26. The van der Waals surface area contributed by atoms with E-state index in [2.05, 4.69) is 5.32 Å². The number of anilines is 1. The van der Waals surface area contributed by atoms with Gasteiger partial charge in [0.15, 0.2) is 0 Å². The zero-order valence-electron chi connectivity index (χ0n) is 14.4. The number of likely N-dealkylation sites (tertiary alicyclic amines) is 1. The lowest BCUT2D eigenvalue weighted by molar-refractivity contribution is -0.130. The summed E-state index contributed by atoms with van der Waals surface area (Å²) in [7, 11) is 0. The van der Waals surface area contributed by atoms with E-state index in [1.54, 1.807) is 29.2 Å². The number of hydrogen-bond acceptors (Lipinski definition) is 2. The first-order valence-corrected chi connectivity index (χ1v) is 8.70. The van der Waals surface area contributed by atoms with Crippen LogP contribution in [0.15, 0.2) is 60.7 Å². The molecule has 3 rings (SSSR count). The first-order chi connectivity index (χ1) is 12.6. The summed E-state index contributed by atoms with van der Waals surface area (Å²) in [5, 5.41) is 2.75. The van der Waals surface area contributed by atoms with E-state index in [9.17, 15) is 14.0 Å². The van der Waals surface area contributed by atoms with Gasteiger partial charge in [-0.15, -0.1) is 0 Å². The molecule has 2 aromatic carbocycles. The van der Waals surface area contributed by atoms with Gasteiger partial charge in [-0.05, 0) is 42.7 Å². The van der Waals surface area contributed by atoms with Gasteiger partial charge >= 0.3 is 0 Å².